The topological polar surface area (TPSA) is 62.7 Å². The molecule has 1 rings (SSSR count). The largest absolute Gasteiger partial charge is 0.397 e. The van der Waals surface area contributed by atoms with E-state index in [0.717, 1.165) is 5.56 Å². The first-order valence-corrected chi connectivity index (χ1v) is 3.80. The monoisotopic (exact) mass is 211 g/mol. The van der Waals surface area contributed by atoms with Crippen LogP contribution in [0.3, 0.4) is 0 Å². The Morgan fingerprint density at radius 3 is 3.09 bits per heavy atom. The molecule has 0 aliphatic heterocycles. The quantitative estimate of drug-likeness (QED) is 0.717. The van der Waals surface area contributed by atoms with Crippen LogP contribution in [-0.4, -0.2) is 4.98 Å². The molecule has 0 unspecified atom stereocenters. The molecule has 0 atom stereocenters. The van der Waals surface area contributed by atoms with Crippen LogP contribution in [0.1, 0.15) is 5.56 Å². The Hall–Kier alpha value is -1.08. The second-order valence-corrected chi connectivity index (χ2v) is 2.85. The van der Waals surface area contributed by atoms with Crippen molar-refractivity contribution in [1.82, 2.24) is 4.98 Å². The van der Waals surface area contributed by atoms with Gasteiger partial charge >= 0.3 is 0 Å². The van der Waals surface area contributed by atoms with E-state index in [1.54, 1.807) is 6.07 Å². The van der Waals surface area contributed by atoms with Crippen molar-refractivity contribution in [3.05, 3.63) is 22.4 Å². The molecule has 0 aliphatic rings. The van der Waals surface area contributed by atoms with E-state index in [4.69, 9.17) is 11.0 Å². The second kappa shape index (κ2) is 3.35. The summed E-state index contributed by atoms with van der Waals surface area (Å²) in [6, 6.07) is 3.77. The molecular formula is C7H6BrN3. The van der Waals surface area contributed by atoms with Gasteiger partial charge in [0.05, 0.1) is 24.4 Å². The SMILES string of the molecule is N#CCc1cc(Br)ncc1N. The Labute approximate surface area is 73.0 Å². The first-order valence-electron chi connectivity index (χ1n) is 3.01. The highest BCUT2D eigenvalue weighted by atomic mass is 79.9. The zero-order valence-electron chi connectivity index (χ0n) is 5.71. The maximum atomic E-state index is 8.39. The third kappa shape index (κ3) is 1.92. The number of hydrogen-bond donors (Lipinski definition) is 1. The lowest BCUT2D eigenvalue weighted by Crippen LogP contribution is -1.94. The summed E-state index contributed by atoms with van der Waals surface area (Å²) < 4.78 is 0.706. The Balaban J connectivity index is 3.05. The van der Waals surface area contributed by atoms with Gasteiger partial charge in [0.2, 0.25) is 0 Å². The standard InChI is InChI=1S/C7H6BrN3/c8-7-3-5(1-2-9)6(10)4-11-7/h3-4H,1,10H2. The number of nitrogens with zero attached hydrogens (tertiary/aromatic N) is 2. The van der Waals surface area contributed by atoms with Crippen molar-refractivity contribution in [2.75, 3.05) is 5.73 Å². The lowest BCUT2D eigenvalue weighted by Gasteiger charge is -1.99. The van der Waals surface area contributed by atoms with Crippen LogP contribution in [0.25, 0.3) is 0 Å². The maximum absolute atomic E-state index is 8.39. The molecule has 0 amide bonds. The fourth-order valence-electron chi connectivity index (χ4n) is 0.717. The van der Waals surface area contributed by atoms with Crippen molar-refractivity contribution >= 4 is 21.6 Å². The Morgan fingerprint density at radius 1 is 1.73 bits per heavy atom. The molecule has 1 aromatic rings. The van der Waals surface area contributed by atoms with Crippen molar-refractivity contribution in [3.8, 4) is 6.07 Å². The smallest absolute Gasteiger partial charge is 0.106 e. The van der Waals surface area contributed by atoms with Gasteiger partial charge < -0.3 is 5.73 Å². The Bertz CT molecular complexity index is 303. The van der Waals surface area contributed by atoms with E-state index in [2.05, 4.69) is 20.9 Å². The molecule has 0 fully saturated rings. The van der Waals surface area contributed by atoms with Gasteiger partial charge in [0.15, 0.2) is 0 Å². The first-order chi connectivity index (χ1) is 5.24. The van der Waals surface area contributed by atoms with Crippen LogP contribution in [0.5, 0.6) is 0 Å². The lowest BCUT2D eigenvalue weighted by atomic mass is 10.2. The molecule has 3 nitrogen and oxygen atoms in total. The Kier molecular flexibility index (Phi) is 2.44. The van der Waals surface area contributed by atoms with E-state index in [1.807, 2.05) is 6.07 Å². The molecule has 56 valence electrons. The molecule has 1 heterocycles. The van der Waals surface area contributed by atoms with Crippen LogP contribution >= 0.6 is 15.9 Å². The highest BCUT2D eigenvalue weighted by molar-refractivity contribution is 9.10. The molecule has 0 aliphatic carbocycles. The zero-order valence-corrected chi connectivity index (χ0v) is 7.30. The van der Waals surface area contributed by atoms with E-state index in [0.29, 0.717) is 16.7 Å². The number of halogens is 1. The number of aromatic nitrogens is 1. The number of anilines is 1. The van der Waals surface area contributed by atoms with E-state index < -0.39 is 0 Å². The van der Waals surface area contributed by atoms with Gasteiger partial charge in [-0.2, -0.15) is 5.26 Å². The van der Waals surface area contributed by atoms with Gasteiger partial charge in [-0.1, -0.05) is 0 Å². The van der Waals surface area contributed by atoms with Crippen LogP contribution in [-0.2, 0) is 6.42 Å². The van der Waals surface area contributed by atoms with Crippen molar-refractivity contribution < 1.29 is 0 Å². The van der Waals surface area contributed by atoms with E-state index in [1.165, 1.54) is 6.20 Å². The summed E-state index contributed by atoms with van der Waals surface area (Å²) in [6.07, 6.45) is 1.86. The highest BCUT2D eigenvalue weighted by Crippen LogP contribution is 2.15. The van der Waals surface area contributed by atoms with Crippen molar-refractivity contribution in [1.29, 1.82) is 5.26 Å². The van der Waals surface area contributed by atoms with Crippen LogP contribution in [0.4, 0.5) is 5.69 Å². The molecule has 0 aromatic carbocycles. The maximum Gasteiger partial charge on any atom is 0.106 e. The zero-order chi connectivity index (χ0) is 8.27. The summed E-state index contributed by atoms with van der Waals surface area (Å²) in [4.78, 5) is 3.90. The third-order valence-electron chi connectivity index (χ3n) is 1.26. The fraction of sp³-hybridized carbons (Fsp3) is 0.143. The van der Waals surface area contributed by atoms with Gasteiger partial charge in [-0.25, -0.2) is 4.98 Å². The molecule has 0 saturated heterocycles. The Morgan fingerprint density at radius 2 is 2.45 bits per heavy atom. The van der Waals surface area contributed by atoms with Gasteiger partial charge in [-0.3, -0.25) is 0 Å². The minimum atomic E-state index is 0.326. The van der Waals surface area contributed by atoms with Crippen LogP contribution in [0, 0.1) is 11.3 Å². The molecule has 1 aromatic heterocycles. The number of nitrogens with two attached hydrogens (primary N) is 1. The second-order valence-electron chi connectivity index (χ2n) is 2.04. The van der Waals surface area contributed by atoms with E-state index >= 15 is 0 Å². The van der Waals surface area contributed by atoms with Gasteiger partial charge in [0.25, 0.3) is 0 Å². The number of rotatable bonds is 1. The fourth-order valence-corrected chi connectivity index (χ4v) is 1.10. The van der Waals surface area contributed by atoms with E-state index in [9.17, 15) is 0 Å². The van der Waals surface area contributed by atoms with Crippen LogP contribution in [0.2, 0.25) is 0 Å². The predicted molar refractivity (Wildman–Crippen MR) is 45.7 cm³/mol. The molecular weight excluding hydrogens is 206 g/mol. The molecule has 0 radical (unpaired) electrons. The highest BCUT2D eigenvalue weighted by Gasteiger charge is 1.98. The summed E-state index contributed by atoms with van der Waals surface area (Å²) in [5.41, 5.74) is 6.92. The molecule has 0 spiro atoms. The molecule has 4 heteroatoms. The van der Waals surface area contributed by atoms with Gasteiger partial charge in [-0.15, -0.1) is 0 Å². The minimum absolute atomic E-state index is 0.326. The third-order valence-corrected chi connectivity index (χ3v) is 1.69. The number of nitriles is 1. The van der Waals surface area contributed by atoms with E-state index in [-0.39, 0.29) is 0 Å². The first kappa shape index (κ1) is 8.02. The van der Waals surface area contributed by atoms with Gasteiger partial charge in [-0.05, 0) is 27.6 Å². The molecule has 0 bridgehead atoms. The normalized spacial score (nSPS) is 9.09. The average molecular weight is 212 g/mol. The molecule has 2 N–H and O–H groups in total. The average Bonchev–Trinajstić information content (AvgIpc) is 1.98. The number of nitrogen functional groups attached to an aromatic ring is 1. The summed E-state index contributed by atoms with van der Waals surface area (Å²) in [7, 11) is 0. The van der Waals surface area contributed by atoms with Crippen LogP contribution in [0.15, 0.2) is 16.9 Å². The van der Waals surface area contributed by atoms with Crippen molar-refractivity contribution in [3.63, 3.8) is 0 Å². The summed E-state index contributed by atoms with van der Waals surface area (Å²) in [5, 5.41) is 8.39. The molecule has 11 heavy (non-hydrogen) atoms. The summed E-state index contributed by atoms with van der Waals surface area (Å²) in [6.45, 7) is 0. The summed E-state index contributed by atoms with van der Waals surface area (Å²) >= 11 is 3.19. The van der Waals surface area contributed by atoms with Crippen molar-refractivity contribution in [2.45, 2.75) is 6.42 Å². The predicted octanol–water partition coefficient (Wildman–Crippen LogP) is 1.49. The molecule has 0 saturated carbocycles. The van der Waals surface area contributed by atoms with Crippen molar-refractivity contribution in [2.24, 2.45) is 0 Å². The van der Waals surface area contributed by atoms with Crippen LogP contribution < -0.4 is 5.73 Å². The number of pyridine rings is 1. The minimum Gasteiger partial charge on any atom is -0.397 e. The lowest BCUT2D eigenvalue weighted by molar-refractivity contribution is 1.19. The van der Waals surface area contributed by atoms with Gasteiger partial charge in [0, 0.05) is 0 Å². The van der Waals surface area contributed by atoms with Gasteiger partial charge in [0.1, 0.15) is 4.60 Å². The number of hydrogen-bond acceptors (Lipinski definition) is 3. The summed E-state index contributed by atoms with van der Waals surface area (Å²) in [5.74, 6) is 0.